The zero-order valence-electron chi connectivity index (χ0n) is 15.5. The summed E-state index contributed by atoms with van der Waals surface area (Å²) in [6.07, 6.45) is -3.63. The van der Waals surface area contributed by atoms with Crippen molar-refractivity contribution in [1.82, 2.24) is 4.90 Å². The van der Waals surface area contributed by atoms with E-state index in [1.54, 1.807) is 11.3 Å². The summed E-state index contributed by atoms with van der Waals surface area (Å²) in [5.74, 6) is -3.92. The Hall–Kier alpha value is -1.46. The molecule has 1 aliphatic heterocycles. The van der Waals surface area contributed by atoms with Crippen LogP contribution >= 0.6 is 18.7 Å². The highest BCUT2D eigenvalue weighted by Crippen LogP contribution is 2.59. The van der Waals surface area contributed by atoms with Crippen LogP contribution in [0.2, 0.25) is 0 Å². The Labute approximate surface area is 169 Å². The molecule has 1 aromatic rings. The third-order valence-electron chi connectivity index (χ3n) is 4.54. The number of hydrogen-bond donors (Lipinski definition) is 4. The molecule has 0 saturated carbocycles. The Morgan fingerprint density at radius 2 is 1.93 bits per heavy atom. The molecule has 29 heavy (non-hydrogen) atoms. The maximum atomic E-state index is 12.6. The molecule has 8 nitrogen and oxygen atoms in total. The van der Waals surface area contributed by atoms with Gasteiger partial charge in [-0.15, -0.1) is 0 Å². The van der Waals surface area contributed by atoms with Gasteiger partial charge in [-0.3, -0.25) is 14.3 Å². The molecule has 1 aromatic heterocycles. The molecule has 1 aliphatic rings. The minimum absolute atomic E-state index is 0.0338. The van der Waals surface area contributed by atoms with Gasteiger partial charge in [-0.1, -0.05) is 6.42 Å². The Balaban J connectivity index is 0.000000516. The lowest BCUT2D eigenvalue weighted by Gasteiger charge is -2.42. The van der Waals surface area contributed by atoms with E-state index in [1.165, 1.54) is 0 Å². The molecule has 2 heterocycles. The topological polar surface area (TPSA) is 141 Å². The van der Waals surface area contributed by atoms with Crippen molar-refractivity contribution in [2.75, 3.05) is 25.8 Å². The highest BCUT2D eigenvalue weighted by Gasteiger charge is 2.56. The van der Waals surface area contributed by atoms with Crippen LogP contribution in [0, 0.1) is 0 Å². The molecule has 1 saturated heterocycles. The average molecular weight is 460 g/mol. The van der Waals surface area contributed by atoms with E-state index in [0.717, 1.165) is 5.56 Å². The quantitative estimate of drug-likeness (QED) is 0.359. The second-order valence-corrected chi connectivity index (χ2v) is 10.1. The van der Waals surface area contributed by atoms with Gasteiger partial charge in [0.05, 0.1) is 0 Å². The number of unbranched alkanes of at least 4 members (excludes halogenated alkanes) is 1. The van der Waals surface area contributed by atoms with E-state index >= 15 is 0 Å². The van der Waals surface area contributed by atoms with E-state index < -0.39 is 30.6 Å². The summed E-state index contributed by atoms with van der Waals surface area (Å²) in [7, 11) is -3.73. The van der Waals surface area contributed by atoms with Crippen LogP contribution < -0.4 is 5.73 Å². The Bertz CT molecular complexity index is 731. The van der Waals surface area contributed by atoms with Gasteiger partial charge in [0.15, 0.2) is 5.16 Å². The fourth-order valence-electron chi connectivity index (χ4n) is 2.97. The fraction of sp³-hybridized carbons (Fsp3) is 0.625. The molecule has 166 valence electrons. The lowest BCUT2D eigenvalue weighted by atomic mass is 9.99. The third-order valence-corrected chi connectivity index (χ3v) is 7.98. The van der Waals surface area contributed by atoms with Gasteiger partial charge in [-0.2, -0.15) is 24.5 Å². The zero-order valence-corrected chi connectivity index (χ0v) is 17.2. The number of thiophene rings is 1. The molecular formula is C16H24F3N2O6PS. The minimum Gasteiger partial charge on any atom is -0.480 e. The minimum atomic E-state index is -5.08. The number of alkyl halides is 3. The van der Waals surface area contributed by atoms with E-state index in [-0.39, 0.29) is 19.1 Å². The van der Waals surface area contributed by atoms with Crippen molar-refractivity contribution in [3.8, 4) is 0 Å². The fourth-order valence-corrected chi connectivity index (χ4v) is 5.83. The summed E-state index contributed by atoms with van der Waals surface area (Å²) in [6, 6.07) is 1.99. The maximum absolute atomic E-state index is 12.6. The SMILES string of the molecule is NCCCCC1(C(=O)O)CN(Cc2ccsc2)CCP1(=O)O.O=C(O)C(F)(F)F. The van der Waals surface area contributed by atoms with Gasteiger partial charge >= 0.3 is 18.1 Å². The number of nitrogens with zero attached hydrogens (tertiary/aromatic N) is 1. The normalized spacial score (nSPS) is 25.1. The van der Waals surface area contributed by atoms with E-state index in [2.05, 4.69) is 0 Å². The van der Waals surface area contributed by atoms with Crippen molar-refractivity contribution < 1.29 is 42.4 Å². The van der Waals surface area contributed by atoms with Crippen LogP contribution in [0.4, 0.5) is 13.2 Å². The highest BCUT2D eigenvalue weighted by atomic mass is 32.1. The molecule has 5 N–H and O–H groups in total. The summed E-state index contributed by atoms with van der Waals surface area (Å²) in [5.41, 5.74) is 6.57. The molecule has 0 radical (unpaired) electrons. The van der Waals surface area contributed by atoms with Crippen molar-refractivity contribution >= 4 is 30.6 Å². The van der Waals surface area contributed by atoms with Gasteiger partial charge in [0, 0.05) is 25.8 Å². The second-order valence-electron chi connectivity index (χ2n) is 6.65. The molecule has 13 heteroatoms. The standard InChI is InChI=1S/C14H23N2O4PS.C2HF3O2/c15-5-2-1-4-14(13(17)18)11-16(6-7-21(14,19)20)9-12-3-8-22-10-12;3-2(4,5)1(6)7/h3,8,10H,1-2,4-7,9,11,15H2,(H,17,18)(H,19,20);(H,6,7). The Kier molecular flexibility index (Phi) is 9.29. The number of carbonyl (C=O) groups is 2. The van der Waals surface area contributed by atoms with Gasteiger partial charge in [-0.05, 0) is 41.8 Å². The third kappa shape index (κ3) is 7.07. The first kappa shape index (κ1) is 25.6. The van der Waals surface area contributed by atoms with E-state index in [0.29, 0.717) is 32.5 Å². The Morgan fingerprint density at radius 3 is 2.38 bits per heavy atom. The van der Waals surface area contributed by atoms with Crippen LogP contribution in [-0.4, -0.2) is 69.1 Å². The van der Waals surface area contributed by atoms with E-state index in [9.17, 15) is 32.5 Å². The summed E-state index contributed by atoms with van der Waals surface area (Å²) in [4.78, 5) is 33.0. The van der Waals surface area contributed by atoms with Crippen LogP contribution in [0.3, 0.4) is 0 Å². The van der Waals surface area contributed by atoms with Crippen LogP contribution in [0.1, 0.15) is 24.8 Å². The Morgan fingerprint density at radius 1 is 1.31 bits per heavy atom. The predicted molar refractivity (Wildman–Crippen MR) is 101 cm³/mol. The number of halogens is 3. The largest absolute Gasteiger partial charge is 0.490 e. The van der Waals surface area contributed by atoms with Crippen molar-refractivity contribution in [1.29, 1.82) is 0 Å². The van der Waals surface area contributed by atoms with E-state index in [1.807, 2.05) is 21.7 Å². The molecule has 2 unspecified atom stereocenters. The molecular weight excluding hydrogens is 436 g/mol. The van der Waals surface area contributed by atoms with Crippen molar-refractivity contribution in [2.24, 2.45) is 5.73 Å². The lowest BCUT2D eigenvalue weighted by molar-refractivity contribution is -0.192. The molecule has 0 aliphatic carbocycles. The van der Waals surface area contributed by atoms with Gasteiger partial charge in [0.2, 0.25) is 7.37 Å². The van der Waals surface area contributed by atoms with Crippen molar-refractivity contribution in [2.45, 2.75) is 37.1 Å². The first-order valence-corrected chi connectivity index (χ1v) is 11.4. The number of aliphatic carboxylic acids is 2. The number of hydrogen-bond acceptors (Lipinski definition) is 6. The summed E-state index contributed by atoms with van der Waals surface area (Å²) >= 11 is 1.59. The van der Waals surface area contributed by atoms with Crippen LogP contribution in [0.25, 0.3) is 0 Å². The van der Waals surface area contributed by atoms with Gasteiger partial charge in [0.1, 0.15) is 0 Å². The first-order valence-electron chi connectivity index (χ1n) is 8.64. The van der Waals surface area contributed by atoms with Crippen molar-refractivity contribution in [3.63, 3.8) is 0 Å². The average Bonchev–Trinajstić information content (AvgIpc) is 3.10. The van der Waals surface area contributed by atoms with Crippen LogP contribution in [-0.2, 0) is 20.7 Å². The van der Waals surface area contributed by atoms with E-state index in [4.69, 9.17) is 15.6 Å². The number of rotatable bonds is 7. The van der Waals surface area contributed by atoms with Crippen LogP contribution in [0.5, 0.6) is 0 Å². The zero-order chi connectivity index (χ0) is 22.3. The molecule has 0 spiro atoms. The van der Waals surface area contributed by atoms with Gasteiger partial charge in [0.25, 0.3) is 0 Å². The number of carboxylic acids is 2. The first-order chi connectivity index (χ1) is 13.4. The number of nitrogens with two attached hydrogens (primary N) is 1. The second kappa shape index (κ2) is 10.5. The summed E-state index contributed by atoms with van der Waals surface area (Å²) in [5, 5.41) is 19.2. The van der Waals surface area contributed by atoms with Gasteiger partial charge in [-0.25, -0.2) is 4.79 Å². The summed E-state index contributed by atoms with van der Waals surface area (Å²) in [6.45, 7) is 1.66. The predicted octanol–water partition coefficient (Wildman–Crippen LogP) is 2.42. The molecule has 0 aromatic carbocycles. The molecule has 1 fully saturated rings. The lowest BCUT2D eigenvalue weighted by Crippen LogP contribution is -2.53. The molecule has 2 atom stereocenters. The van der Waals surface area contributed by atoms with Crippen molar-refractivity contribution in [3.05, 3.63) is 22.4 Å². The van der Waals surface area contributed by atoms with Crippen LogP contribution in [0.15, 0.2) is 16.8 Å². The monoisotopic (exact) mass is 460 g/mol. The smallest absolute Gasteiger partial charge is 0.480 e. The highest BCUT2D eigenvalue weighted by molar-refractivity contribution is 7.61. The molecule has 2 rings (SSSR count). The number of carboxylic acid groups (broad SMARTS) is 2. The van der Waals surface area contributed by atoms with Gasteiger partial charge < -0.3 is 20.8 Å². The molecule has 0 bridgehead atoms. The maximum Gasteiger partial charge on any atom is 0.490 e. The molecule has 0 amide bonds. The summed E-state index contributed by atoms with van der Waals surface area (Å²) < 4.78 is 44.3.